The quantitative estimate of drug-likeness (QED) is 0.283. The van der Waals surface area contributed by atoms with E-state index < -0.39 is 18.0 Å². The van der Waals surface area contributed by atoms with Crippen molar-refractivity contribution in [2.24, 2.45) is 0 Å². The van der Waals surface area contributed by atoms with Gasteiger partial charge < -0.3 is 44.4 Å². The molecule has 0 heterocycles. The van der Waals surface area contributed by atoms with Crippen LogP contribution in [-0.2, 0) is 16.0 Å². The third-order valence-corrected chi connectivity index (χ3v) is 7.61. The fraction of sp³-hybridized carbons (Fsp3) is 0.364. The van der Waals surface area contributed by atoms with Crippen molar-refractivity contribution >= 4 is 23.2 Å². The highest BCUT2D eigenvalue weighted by Gasteiger charge is 2.29. The molecule has 0 aromatic heterocycles. The van der Waals surface area contributed by atoms with Crippen LogP contribution in [0.2, 0.25) is 0 Å². The lowest BCUT2D eigenvalue weighted by atomic mass is 9.95. The number of rotatable bonds is 11. The summed E-state index contributed by atoms with van der Waals surface area (Å²) in [5.41, 5.74) is 3.18. The van der Waals surface area contributed by atoms with Gasteiger partial charge in [-0.3, -0.25) is 14.4 Å². The minimum atomic E-state index is -0.823. The fourth-order valence-corrected chi connectivity index (χ4v) is 5.53. The van der Waals surface area contributed by atoms with Gasteiger partial charge in [0.2, 0.25) is 28.7 Å². The molecule has 1 aliphatic rings. The van der Waals surface area contributed by atoms with Crippen molar-refractivity contribution in [2.75, 3.05) is 53.3 Å². The highest BCUT2D eigenvalue weighted by molar-refractivity contribution is 5.97. The van der Waals surface area contributed by atoms with E-state index in [0.717, 1.165) is 11.1 Å². The molecule has 0 spiro atoms. The zero-order valence-electron chi connectivity index (χ0n) is 26.7. The molecule has 3 aromatic carbocycles. The van der Waals surface area contributed by atoms with Crippen LogP contribution < -0.4 is 49.8 Å². The van der Waals surface area contributed by atoms with E-state index >= 15 is 0 Å². The maximum atomic E-state index is 13.6. The molecule has 3 N–H and O–H groups in total. The maximum absolute atomic E-state index is 13.6. The molecule has 0 bridgehead atoms. The second kappa shape index (κ2) is 14.1. The lowest BCUT2D eigenvalue weighted by Crippen LogP contribution is -2.33. The maximum Gasteiger partial charge on any atom is 0.246 e. The van der Waals surface area contributed by atoms with Crippen LogP contribution in [0.3, 0.4) is 0 Å². The van der Waals surface area contributed by atoms with E-state index in [9.17, 15) is 14.4 Å². The Morgan fingerprint density at radius 2 is 1.40 bits per heavy atom. The molecule has 0 saturated heterocycles. The predicted octanol–water partition coefficient (Wildman–Crippen LogP) is 4.33. The first-order valence-electron chi connectivity index (χ1n) is 14.3. The first kappa shape index (κ1) is 32.8. The molecule has 2 amide bonds. The SMILES string of the molecule is COc1cc(NC(=O)[C@@H](C)Nc2ccc3c(cc2=O)[C@@H](NC(C)=O)CCc2cc(OC)c(OC)c(OC)c2-3)cc(OC)c1OC. The number of ether oxygens (including phenoxy) is 6. The summed E-state index contributed by atoms with van der Waals surface area (Å²) in [6, 6.07) is 8.74. The molecule has 2 atom stereocenters. The number of hydrogen-bond acceptors (Lipinski definition) is 10. The number of amides is 2. The molecule has 0 radical (unpaired) electrons. The van der Waals surface area contributed by atoms with Crippen LogP contribution in [-0.4, -0.2) is 60.5 Å². The first-order valence-corrected chi connectivity index (χ1v) is 14.3. The summed E-state index contributed by atoms with van der Waals surface area (Å²) in [5.74, 6) is 1.88. The second-order valence-corrected chi connectivity index (χ2v) is 10.4. The Kier molecular flexibility index (Phi) is 10.3. The van der Waals surface area contributed by atoms with Gasteiger partial charge in [-0.1, -0.05) is 6.07 Å². The van der Waals surface area contributed by atoms with Gasteiger partial charge in [-0.05, 0) is 54.7 Å². The number of nitrogens with one attached hydrogen (secondary N) is 3. The van der Waals surface area contributed by atoms with E-state index in [1.54, 1.807) is 38.3 Å². The highest BCUT2D eigenvalue weighted by Crippen LogP contribution is 2.50. The van der Waals surface area contributed by atoms with Crippen molar-refractivity contribution < 1.29 is 38.0 Å². The van der Waals surface area contributed by atoms with Crippen LogP contribution in [0.4, 0.5) is 11.4 Å². The Morgan fingerprint density at radius 1 is 0.800 bits per heavy atom. The normalized spacial score (nSPS) is 14.0. The van der Waals surface area contributed by atoms with Crippen LogP contribution in [0, 0.1) is 0 Å². The van der Waals surface area contributed by atoms with Crippen LogP contribution in [0.1, 0.15) is 37.4 Å². The van der Waals surface area contributed by atoms with Crippen LogP contribution in [0.15, 0.2) is 41.2 Å². The smallest absolute Gasteiger partial charge is 0.246 e. The van der Waals surface area contributed by atoms with Crippen molar-refractivity contribution in [3.8, 4) is 45.6 Å². The number of methoxy groups -OCH3 is 6. The van der Waals surface area contributed by atoms with Gasteiger partial charge in [0, 0.05) is 30.3 Å². The molecular weight excluding hydrogens is 582 g/mol. The molecule has 1 aliphatic carbocycles. The Bertz CT molecular complexity index is 1630. The van der Waals surface area contributed by atoms with E-state index in [1.807, 2.05) is 6.07 Å². The number of benzene rings is 2. The molecule has 0 fully saturated rings. The lowest BCUT2D eigenvalue weighted by molar-refractivity contribution is -0.119. The van der Waals surface area contributed by atoms with Gasteiger partial charge in [0.05, 0.1) is 54.4 Å². The molecule has 12 nitrogen and oxygen atoms in total. The topological polar surface area (TPSA) is 143 Å². The first-order chi connectivity index (χ1) is 21.6. The molecule has 12 heteroatoms. The monoisotopic (exact) mass is 621 g/mol. The lowest BCUT2D eigenvalue weighted by Gasteiger charge is -2.19. The Hall–Kier alpha value is -5.13. The highest BCUT2D eigenvalue weighted by atomic mass is 16.5. The second-order valence-electron chi connectivity index (χ2n) is 10.4. The zero-order chi connectivity index (χ0) is 32.8. The molecule has 4 rings (SSSR count). The van der Waals surface area contributed by atoms with Gasteiger partial charge in [0.1, 0.15) is 6.04 Å². The van der Waals surface area contributed by atoms with Gasteiger partial charge in [0.15, 0.2) is 23.0 Å². The van der Waals surface area contributed by atoms with Crippen molar-refractivity contribution in [3.05, 3.63) is 57.7 Å². The van der Waals surface area contributed by atoms with E-state index in [1.165, 1.54) is 48.5 Å². The van der Waals surface area contributed by atoms with Crippen LogP contribution >= 0.6 is 0 Å². The van der Waals surface area contributed by atoms with Gasteiger partial charge in [-0.2, -0.15) is 0 Å². The summed E-state index contributed by atoms with van der Waals surface area (Å²) in [6.07, 6.45) is 1.10. The van der Waals surface area contributed by atoms with Crippen molar-refractivity contribution in [3.63, 3.8) is 0 Å². The molecule has 0 saturated carbocycles. The van der Waals surface area contributed by atoms with E-state index in [-0.39, 0.29) is 17.0 Å². The van der Waals surface area contributed by atoms with Gasteiger partial charge in [0.25, 0.3) is 0 Å². The summed E-state index contributed by atoms with van der Waals surface area (Å²) in [7, 11) is 9.07. The Labute approximate surface area is 261 Å². The summed E-state index contributed by atoms with van der Waals surface area (Å²) >= 11 is 0. The number of anilines is 2. The van der Waals surface area contributed by atoms with E-state index in [4.69, 9.17) is 28.4 Å². The third kappa shape index (κ3) is 6.69. The molecular formula is C33H39N3O9. The van der Waals surface area contributed by atoms with E-state index in [0.29, 0.717) is 64.2 Å². The van der Waals surface area contributed by atoms with Crippen LogP contribution in [0.5, 0.6) is 34.5 Å². The standard InChI is InChI=1S/C33H39N3O9/c1-17(33(39)36-20-14-27(41-4)30(43-6)28(15-20)42-5)34-24-12-10-21-22(16-25(24)38)23(35-18(2)37)11-9-19-13-26(40-3)31(44-7)32(45-8)29(19)21/h10,12-17,23H,9,11H2,1-8H3,(H,34,38)(H,35,37)(H,36,39)/t17-,23+/m1/s1. The zero-order valence-corrected chi connectivity index (χ0v) is 26.7. The summed E-state index contributed by atoms with van der Waals surface area (Å²) in [4.78, 5) is 39.1. The summed E-state index contributed by atoms with van der Waals surface area (Å²) in [6.45, 7) is 3.08. The molecule has 240 valence electrons. The van der Waals surface area contributed by atoms with Gasteiger partial charge in [-0.25, -0.2) is 0 Å². The third-order valence-electron chi connectivity index (χ3n) is 7.61. The number of hydrogen-bond donors (Lipinski definition) is 3. The minimum absolute atomic E-state index is 0.193. The number of carbonyl (C=O) groups is 2. The van der Waals surface area contributed by atoms with Crippen molar-refractivity contribution in [2.45, 2.75) is 38.8 Å². The van der Waals surface area contributed by atoms with Crippen molar-refractivity contribution in [1.82, 2.24) is 5.32 Å². The molecule has 0 aliphatic heterocycles. The molecule has 0 unspecified atom stereocenters. The molecule has 3 aromatic rings. The number of carbonyl (C=O) groups excluding carboxylic acids is 2. The summed E-state index contributed by atoms with van der Waals surface area (Å²) < 4.78 is 33.2. The number of fused-ring (bicyclic) bond motifs is 3. The van der Waals surface area contributed by atoms with E-state index in [2.05, 4.69) is 16.0 Å². The average Bonchev–Trinajstić information content (AvgIpc) is 3.27. The Morgan fingerprint density at radius 3 is 1.96 bits per heavy atom. The average molecular weight is 622 g/mol. The van der Waals surface area contributed by atoms with Gasteiger partial charge in [-0.15, -0.1) is 0 Å². The minimum Gasteiger partial charge on any atom is -0.493 e. The fourth-order valence-electron chi connectivity index (χ4n) is 5.53. The Balaban J connectivity index is 1.76. The molecule has 45 heavy (non-hydrogen) atoms. The largest absolute Gasteiger partial charge is 0.493 e. The summed E-state index contributed by atoms with van der Waals surface area (Å²) in [5, 5.41) is 8.85. The predicted molar refractivity (Wildman–Crippen MR) is 170 cm³/mol. The van der Waals surface area contributed by atoms with Gasteiger partial charge >= 0.3 is 0 Å². The number of aryl methyl sites for hydroxylation is 1. The van der Waals surface area contributed by atoms with Crippen molar-refractivity contribution in [1.29, 1.82) is 0 Å². The van der Waals surface area contributed by atoms with Crippen LogP contribution in [0.25, 0.3) is 11.1 Å².